The van der Waals surface area contributed by atoms with E-state index in [1.165, 1.54) is 19.1 Å². The summed E-state index contributed by atoms with van der Waals surface area (Å²) in [5, 5.41) is 15.9. The number of carbonyl (C=O) groups is 1. The van der Waals surface area contributed by atoms with Gasteiger partial charge in [-0.1, -0.05) is 6.92 Å². The van der Waals surface area contributed by atoms with Crippen LogP contribution in [0.1, 0.15) is 39.4 Å². The van der Waals surface area contributed by atoms with Gasteiger partial charge >= 0.3 is 6.03 Å². The number of furan rings is 1. The first-order valence-electron chi connectivity index (χ1n) is 8.40. The molecule has 0 aliphatic carbocycles. The predicted octanol–water partition coefficient (Wildman–Crippen LogP) is 1.91. The van der Waals surface area contributed by atoms with E-state index in [1.807, 2.05) is 0 Å². The number of urea groups is 1. The lowest BCUT2D eigenvalue weighted by atomic mass is 9.99. The maximum atomic E-state index is 11.9. The van der Waals surface area contributed by atoms with Crippen LogP contribution in [0.5, 0.6) is 0 Å². The Kier molecular flexibility index (Phi) is 6.07. The molecular weight excluding hydrogens is 294 g/mol. The molecule has 1 aromatic heterocycles. The normalized spacial score (nSPS) is 23.0. The molecule has 0 saturated carbocycles. The van der Waals surface area contributed by atoms with Crippen molar-refractivity contribution >= 4 is 6.03 Å². The van der Waals surface area contributed by atoms with Crippen molar-refractivity contribution in [2.45, 2.75) is 45.3 Å². The van der Waals surface area contributed by atoms with E-state index in [-0.39, 0.29) is 12.6 Å². The Hall–Kier alpha value is -1.53. The Morgan fingerprint density at radius 3 is 3.00 bits per heavy atom. The third-order valence-corrected chi connectivity index (χ3v) is 4.51. The second-order valence-corrected chi connectivity index (χ2v) is 6.91. The molecule has 6 nitrogen and oxygen atoms in total. The van der Waals surface area contributed by atoms with Crippen LogP contribution < -0.4 is 10.6 Å². The first-order valence-corrected chi connectivity index (χ1v) is 8.40. The molecule has 2 heterocycles. The minimum atomic E-state index is -1.21. The van der Waals surface area contributed by atoms with Crippen LogP contribution in [0.4, 0.5) is 4.79 Å². The van der Waals surface area contributed by atoms with Crippen LogP contribution in [0.15, 0.2) is 22.8 Å². The number of nitrogens with one attached hydrogen (secondary N) is 2. The molecular formula is C17H29N3O3. The van der Waals surface area contributed by atoms with E-state index in [2.05, 4.69) is 29.4 Å². The molecule has 23 heavy (non-hydrogen) atoms. The summed E-state index contributed by atoms with van der Waals surface area (Å²) in [6.45, 7) is 8.92. The second kappa shape index (κ2) is 7.84. The van der Waals surface area contributed by atoms with E-state index in [0.717, 1.165) is 19.0 Å². The van der Waals surface area contributed by atoms with Crippen LogP contribution in [0, 0.1) is 5.92 Å². The first kappa shape index (κ1) is 17.8. The molecule has 2 amide bonds. The third kappa shape index (κ3) is 5.25. The van der Waals surface area contributed by atoms with Gasteiger partial charge in [0.05, 0.1) is 12.8 Å². The predicted molar refractivity (Wildman–Crippen MR) is 89.1 cm³/mol. The Bertz CT molecular complexity index is 487. The fraction of sp³-hybridized carbons (Fsp3) is 0.706. The highest BCUT2D eigenvalue weighted by molar-refractivity contribution is 5.73. The molecule has 1 aliphatic rings. The van der Waals surface area contributed by atoms with Crippen molar-refractivity contribution in [2.75, 3.05) is 26.2 Å². The van der Waals surface area contributed by atoms with Crippen LogP contribution in [0.2, 0.25) is 0 Å². The summed E-state index contributed by atoms with van der Waals surface area (Å²) >= 11 is 0. The zero-order chi connectivity index (χ0) is 16.9. The molecule has 3 unspecified atom stereocenters. The number of hydrogen-bond donors (Lipinski definition) is 3. The van der Waals surface area contributed by atoms with Gasteiger partial charge in [0.15, 0.2) is 0 Å². The molecule has 1 fully saturated rings. The second-order valence-electron chi connectivity index (χ2n) is 6.91. The smallest absolute Gasteiger partial charge is 0.314 e. The van der Waals surface area contributed by atoms with Gasteiger partial charge in [-0.2, -0.15) is 0 Å². The van der Waals surface area contributed by atoms with Gasteiger partial charge in [0.1, 0.15) is 11.4 Å². The number of carbonyl (C=O) groups excluding carboxylic acids is 1. The maximum absolute atomic E-state index is 11.9. The molecule has 0 bridgehead atoms. The SMILES string of the molecule is CC1CCCN(C(C)CNC(=O)NCC(C)(O)c2ccco2)C1. The van der Waals surface area contributed by atoms with E-state index >= 15 is 0 Å². The molecule has 0 radical (unpaired) electrons. The number of hydrogen-bond acceptors (Lipinski definition) is 4. The van der Waals surface area contributed by atoms with Crippen molar-refractivity contribution in [3.63, 3.8) is 0 Å². The van der Waals surface area contributed by atoms with Crippen LogP contribution >= 0.6 is 0 Å². The van der Waals surface area contributed by atoms with Gasteiger partial charge in [0.2, 0.25) is 0 Å². The Labute approximate surface area is 138 Å². The third-order valence-electron chi connectivity index (χ3n) is 4.51. The van der Waals surface area contributed by atoms with Crippen LogP contribution in [-0.4, -0.2) is 48.3 Å². The first-order chi connectivity index (χ1) is 10.9. The molecule has 1 aliphatic heterocycles. The summed E-state index contributed by atoms with van der Waals surface area (Å²) in [4.78, 5) is 14.4. The molecule has 2 rings (SSSR count). The fourth-order valence-corrected chi connectivity index (χ4v) is 2.98. The average molecular weight is 323 g/mol. The summed E-state index contributed by atoms with van der Waals surface area (Å²) in [6, 6.07) is 3.45. The highest BCUT2D eigenvalue weighted by atomic mass is 16.4. The number of aliphatic hydroxyl groups is 1. The Balaban J connectivity index is 1.70. The molecule has 0 spiro atoms. The van der Waals surface area contributed by atoms with E-state index in [4.69, 9.17) is 4.42 Å². The van der Waals surface area contributed by atoms with E-state index in [0.29, 0.717) is 18.3 Å². The van der Waals surface area contributed by atoms with Gasteiger partial charge in [-0.15, -0.1) is 0 Å². The molecule has 3 atom stereocenters. The van der Waals surface area contributed by atoms with E-state index in [1.54, 1.807) is 19.1 Å². The topological polar surface area (TPSA) is 77.7 Å². The molecule has 6 heteroatoms. The summed E-state index contributed by atoms with van der Waals surface area (Å²) in [6.07, 6.45) is 4.02. The summed E-state index contributed by atoms with van der Waals surface area (Å²) in [5.41, 5.74) is -1.21. The molecule has 130 valence electrons. The van der Waals surface area contributed by atoms with Crippen molar-refractivity contribution in [3.05, 3.63) is 24.2 Å². The lowest BCUT2D eigenvalue weighted by molar-refractivity contribution is 0.0366. The molecule has 3 N–H and O–H groups in total. The van der Waals surface area contributed by atoms with Crippen LogP contribution in [0.25, 0.3) is 0 Å². The van der Waals surface area contributed by atoms with Crippen molar-refractivity contribution in [3.8, 4) is 0 Å². The van der Waals surface area contributed by atoms with Gasteiger partial charge < -0.3 is 20.2 Å². The highest BCUT2D eigenvalue weighted by Gasteiger charge is 2.27. The van der Waals surface area contributed by atoms with Crippen molar-refractivity contribution in [2.24, 2.45) is 5.92 Å². The Morgan fingerprint density at radius 2 is 2.35 bits per heavy atom. The number of rotatable bonds is 6. The number of amides is 2. The average Bonchev–Trinajstić information content (AvgIpc) is 3.06. The minimum absolute atomic E-state index is 0.0987. The summed E-state index contributed by atoms with van der Waals surface area (Å²) in [7, 11) is 0. The van der Waals surface area contributed by atoms with Gasteiger partial charge in [-0.05, 0) is 51.3 Å². The van der Waals surface area contributed by atoms with E-state index in [9.17, 15) is 9.90 Å². The largest absolute Gasteiger partial charge is 0.466 e. The van der Waals surface area contributed by atoms with E-state index < -0.39 is 5.60 Å². The van der Waals surface area contributed by atoms with Gasteiger partial charge in [0.25, 0.3) is 0 Å². The summed E-state index contributed by atoms with van der Waals surface area (Å²) in [5.74, 6) is 1.16. The fourth-order valence-electron chi connectivity index (χ4n) is 2.98. The lowest BCUT2D eigenvalue weighted by Gasteiger charge is -2.35. The monoisotopic (exact) mass is 323 g/mol. The minimum Gasteiger partial charge on any atom is -0.466 e. The van der Waals surface area contributed by atoms with Crippen molar-refractivity contribution < 1.29 is 14.3 Å². The van der Waals surface area contributed by atoms with Crippen LogP contribution in [0.3, 0.4) is 0 Å². The lowest BCUT2D eigenvalue weighted by Crippen LogP contribution is -2.49. The van der Waals surface area contributed by atoms with Crippen molar-refractivity contribution in [1.82, 2.24) is 15.5 Å². The zero-order valence-electron chi connectivity index (χ0n) is 14.3. The molecule has 1 saturated heterocycles. The quantitative estimate of drug-likeness (QED) is 0.747. The zero-order valence-corrected chi connectivity index (χ0v) is 14.3. The molecule has 0 aromatic carbocycles. The van der Waals surface area contributed by atoms with Gasteiger partial charge in [-0.25, -0.2) is 4.79 Å². The Morgan fingerprint density at radius 1 is 1.57 bits per heavy atom. The number of nitrogens with zero attached hydrogens (tertiary/aromatic N) is 1. The summed E-state index contributed by atoms with van der Waals surface area (Å²) < 4.78 is 5.19. The number of likely N-dealkylation sites (tertiary alicyclic amines) is 1. The van der Waals surface area contributed by atoms with Crippen molar-refractivity contribution in [1.29, 1.82) is 0 Å². The van der Waals surface area contributed by atoms with Gasteiger partial charge in [-0.3, -0.25) is 4.90 Å². The standard InChI is InChI=1S/C17H29N3O3/c1-13-6-4-8-20(11-13)14(2)10-18-16(21)19-12-17(3,22)15-7-5-9-23-15/h5,7,9,13-14,22H,4,6,8,10-12H2,1-3H3,(H2,18,19,21). The maximum Gasteiger partial charge on any atom is 0.314 e. The van der Waals surface area contributed by atoms with Gasteiger partial charge in [0, 0.05) is 19.1 Å². The molecule has 1 aromatic rings. The number of piperidine rings is 1. The van der Waals surface area contributed by atoms with Crippen LogP contribution in [-0.2, 0) is 5.60 Å². The highest BCUT2D eigenvalue weighted by Crippen LogP contribution is 2.19.